The molecule has 150 valence electrons. The normalized spacial score (nSPS) is 16.3. The number of carbonyl (C=O) groups is 1. The van der Waals surface area contributed by atoms with Gasteiger partial charge in [-0.05, 0) is 49.2 Å². The molecular formula is C22H23ClN4O2. The van der Waals surface area contributed by atoms with E-state index in [1.54, 1.807) is 11.8 Å². The molecule has 0 saturated carbocycles. The van der Waals surface area contributed by atoms with Crippen molar-refractivity contribution < 1.29 is 9.53 Å². The van der Waals surface area contributed by atoms with E-state index < -0.39 is 0 Å². The van der Waals surface area contributed by atoms with E-state index in [0.29, 0.717) is 23.0 Å². The molecule has 0 bridgehead atoms. The summed E-state index contributed by atoms with van der Waals surface area (Å²) in [4.78, 5) is 14.8. The largest absolute Gasteiger partial charge is 0.384 e. The third-order valence-electron chi connectivity index (χ3n) is 5.23. The van der Waals surface area contributed by atoms with Crippen LogP contribution in [0.4, 0.5) is 5.82 Å². The molecule has 1 atom stereocenters. The second kappa shape index (κ2) is 8.27. The smallest absolute Gasteiger partial charge is 0.254 e. The lowest BCUT2D eigenvalue weighted by atomic mass is 10.1. The predicted molar refractivity (Wildman–Crippen MR) is 114 cm³/mol. The van der Waals surface area contributed by atoms with E-state index in [1.807, 2.05) is 59.5 Å². The summed E-state index contributed by atoms with van der Waals surface area (Å²) >= 11 is 5.96. The summed E-state index contributed by atoms with van der Waals surface area (Å²) in [6, 6.07) is 16.8. The van der Waals surface area contributed by atoms with Gasteiger partial charge in [-0.15, -0.1) is 0 Å². The van der Waals surface area contributed by atoms with E-state index in [-0.39, 0.29) is 11.9 Å². The monoisotopic (exact) mass is 410 g/mol. The molecule has 1 amide bonds. The number of nitrogen functional groups attached to an aromatic ring is 1. The fourth-order valence-corrected chi connectivity index (χ4v) is 3.87. The van der Waals surface area contributed by atoms with E-state index in [0.717, 1.165) is 36.3 Å². The van der Waals surface area contributed by atoms with Gasteiger partial charge in [-0.25, -0.2) is 4.68 Å². The number of anilines is 1. The van der Waals surface area contributed by atoms with Gasteiger partial charge >= 0.3 is 0 Å². The van der Waals surface area contributed by atoms with Crippen molar-refractivity contribution in [2.45, 2.75) is 18.9 Å². The molecule has 3 aromatic rings. The topological polar surface area (TPSA) is 73.4 Å². The van der Waals surface area contributed by atoms with Crippen molar-refractivity contribution in [2.75, 3.05) is 26.0 Å². The van der Waals surface area contributed by atoms with Crippen LogP contribution in [-0.4, -0.2) is 46.9 Å². The van der Waals surface area contributed by atoms with Crippen molar-refractivity contribution in [1.29, 1.82) is 0 Å². The van der Waals surface area contributed by atoms with Crippen molar-refractivity contribution in [3.05, 3.63) is 65.2 Å². The number of halogens is 1. The molecule has 2 N–H and O–H groups in total. The van der Waals surface area contributed by atoms with Crippen LogP contribution in [-0.2, 0) is 4.74 Å². The summed E-state index contributed by atoms with van der Waals surface area (Å²) in [7, 11) is 1.67. The Morgan fingerprint density at radius 1 is 1.21 bits per heavy atom. The van der Waals surface area contributed by atoms with Crippen molar-refractivity contribution in [2.24, 2.45) is 0 Å². The number of nitrogens with two attached hydrogens (primary N) is 1. The number of carbonyl (C=O) groups excluding carboxylic acids is 1. The van der Waals surface area contributed by atoms with Crippen LogP contribution in [0.5, 0.6) is 0 Å². The van der Waals surface area contributed by atoms with E-state index in [4.69, 9.17) is 22.1 Å². The fraction of sp³-hybridized carbons (Fsp3) is 0.273. The Labute approximate surface area is 174 Å². The molecule has 0 radical (unpaired) electrons. The third-order valence-corrected chi connectivity index (χ3v) is 5.48. The Morgan fingerprint density at radius 3 is 2.62 bits per heavy atom. The maximum absolute atomic E-state index is 12.9. The number of benzene rings is 2. The number of aromatic nitrogens is 2. The molecule has 1 saturated heterocycles. The molecular weight excluding hydrogens is 388 g/mol. The number of amides is 1. The first-order valence-corrected chi connectivity index (χ1v) is 9.96. The number of nitrogens with zero attached hydrogens (tertiary/aromatic N) is 3. The molecule has 2 heterocycles. The van der Waals surface area contributed by atoms with Crippen LogP contribution >= 0.6 is 11.6 Å². The highest BCUT2D eigenvalue weighted by Gasteiger charge is 2.29. The number of hydrogen-bond donors (Lipinski definition) is 1. The fourth-order valence-electron chi connectivity index (χ4n) is 3.74. The van der Waals surface area contributed by atoms with Crippen LogP contribution in [0.25, 0.3) is 16.9 Å². The second-order valence-corrected chi connectivity index (χ2v) is 7.61. The Bertz CT molecular complexity index is 999. The first-order chi connectivity index (χ1) is 14.1. The Kier molecular flexibility index (Phi) is 5.56. The van der Waals surface area contributed by atoms with E-state index in [9.17, 15) is 4.79 Å². The van der Waals surface area contributed by atoms with Crippen LogP contribution in [0.1, 0.15) is 23.2 Å². The Hall–Kier alpha value is -2.83. The number of likely N-dealkylation sites (tertiary alicyclic amines) is 1. The summed E-state index contributed by atoms with van der Waals surface area (Å²) in [5.41, 5.74) is 9.33. The average Bonchev–Trinajstić information content (AvgIpc) is 3.35. The molecule has 7 heteroatoms. The molecule has 1 fully saturated rings. The van der Waals surface area contributed by atoms with Gasteiger partial charge in [0.1, 0.15) is 5.82 Å². The zero-order valence-corrected chi connectivity index (χ0v) is 17.0. The zero-order valence-electron chi connectivity index (χ0n) is 16.2. The molecule has 29 heavy (non-hydrogen) atoms. The summed E-state index contributed by atoms with van der Waals surface area (Å²) in [5, 5.41) is 5.28. The Balaban J connectivity index is 1.55. The lowest BCUT2D eigenvalue weighted by Gasteiger charge is -2.24. The summed E-state index contributed by atoms with van der Waals surface area (Å²) in [6.07, 6.45) is 1.99. The Morgan fingerprint density at radius 2 is 1.93 bits per heavy atom. The molecule has 0 unspecified atom stereocenters. The van der Waals surface area contributed by atoms with Gasteiger partial charge in [0.05, 0.1) is 24.0 Å². The molecule has 1 aliphatic heterocycles. The predicted octanol–water partition coefficient (Wildman–Crippen LogP) is 4.03. The second-order valence-electron chi connectivity index (χ2n) is 7.17. The minimum atomic E-state index is 0.0337. The minimum absolute atomic E-state index is 0.0337. The van der Waals surface area contributed by atoms with E-state index in [2.05, 4.69) is 5.10 Å². The van der Waals surface area contributed by atoms with Crippen LogP contribution in [0.2, 0.25) is 5.02 Å². The number of rotatable bonds is 5. The van der Waals surface area contributed by atoms with Gasteiger partial charge in [-0.3, -0.25) is 4.79 Å². The molecule has 4 rings (SSSR count). The van der Waals surface area contributed by atoms with Crippen molar-refractivity contribution in [3.63, 3.8) is 0 Å². The molecule has 6 nitrogen and oxygen atoms in total. The summed E-state index contributed by atoms with van der Waals surface area (Å²) in [6.45, 7) is 1.34. The van der Waals surface area contributed by atoms with Crippen LogP contribution in [0, 0.1) is 0 Å². The number of hydrogen-bond acceptors (Lipinski definition) is 4. The van der Waals surface area contributed by atoms with Crippen LogP contribution in [0.3, 0.4) is 0 Å². The molecule has 0 aliphatic carbocycles. The lowest BCUT2D eigenvalue weighted by Crippen LogP contribution is -2.38. The van der Waals surface area contributed by atoms with Crippen LogP contribution < -0.4 is 5.73 Å². The average molecular weight is 411 g/mol. The SMILES string of the molecule is COC[C@@H]1CCCN1C(=O)c1ccc(-n2nc(-c3ccc(Cl)cc3)cc2N)cc1. The van der Waals surface area contributed by atoms with Crippen molar-refractivity contribution in [3.8, 4) is 16.9 Å². The van der Waals surface area contributed by atoms with Gasteiger partial charge < -0.3 is 15.4 Å². The molecule has 1 aromatic heterocycles. The lowest BCUT2D eigenvalue weighted by molar-refractivity contribution is 0.0630. The van der Waals surface area contributed by atoms with Gasteiger partial charge in [0.15, 0.2) is 0 Å². The van der Waals surface area contributed by atoms with Crippen LogP contribution in [0.15, 0.2) is 54.6 Å². The summed E-state index contributed by atoms with van der Waals surface area (Å²) < 4.78 is 6.92. The van der Waals surface area contributed by atoms with Gasteiger partial charge in [0, 0.05) is 35.9 Å². The quantitative estimate of drug-likeness (QED) is 0.689. The van der Waals surface area contributed by atoms with Crippen molar-refractivity contribution >= 4 is 23.3 Å². The maximum Gasteiger partial charge on any atom is 0.254 e. The summed E-state index contributed by atoms with van der Waals surface area (Å²) in [5.74, 6) is 0.556. The van der Waals surface area contributed by atoms with Gasteiger partial charge in [0.25, 0.3) is 5.91 Å². The zero-order chi connectivity index (χ0) is 20.4. The first kappa shape index (κ1) is 19.5. The van der Waals surface area contributed by atoms with E-state index >= 15 is 0 Å². The van der Waals surface area contributed by atoms with Crippen molar-refractivity contribution in [1.82, 2.24) is 14.7 Å². The van der Waals surface area contributed by atoms with Gasteiger partial charge in [0.2, 0.25) is 0 Å². The highest BCUT2D eigenvalue weighted by atomic mass is 35.5. The highest BCUT2D eigenvalue weighted by molar-refractivity contribution is 6.30. The van der Waals surface area contributed by atoms with E-state index in [1.165, 1.54) is 0 Å². The standard InChI is InChI=1S/C22H23ClN4O2/c1-29-14-19-3-2-12-26(19)22(28)16-6-10-18(11-7-16)27-21(24)13-20(25-27)15-4-8-17(23)9-5-15/h4-11,13,19H,2-3,12,14,24H2,1H3/t19-/m0/s1. The highest BCUT2D eigenvalue weighted by Crippen LogP contribution is 2.25. The van der Waals surface area contributed by atoms with Gasteiger partial charge in [-0.1, -0.05) is 23.7 Å². The van der Waals surface area contributed by atoms with Gasteiger partial charge in [-0.2, -0.15) is 5.10 Å². The third kappa shape index (κ3) is 3.99. The molecule has 0 spiro atoms. The molecule has 1 aliphatic rings. The maximum atomic E-state index is 12.9. The number of ether oxygens (including phenoxy) is 1. The minimum Gasteiger partial charge on any atom is -0.384 e. The number of methoxy groups -OCH3 is 1. The first-order valence-electron chi connectivity index (χ1n) is 9.58. The molecule has 2 aromatic carbocycles.